The van der Waals surface area contributed by atoms with Crippen LogP contribution in [0.5, 0.6) is 0 Å². The normalized spacial score (nSPS) is 25.2. The van der Waals surface area contributed by atoms with Gasteiger partial charge in [-0.25, -0.2) is 9.18 Å². The summed E-state index contributed by atoms with van der Waals surface area (Å²) in [5, 5.41) is 12.7. The van der Waals surface area contributed by atoms with Crippen LogP contribution in [0.1, 0.15) is 25.8 Å². The molecule has 1 aromatic rings. The molecule has 1 unspecified atom stereocenters. The lowest BCUT2D eigenvalue weighted by atomic mass is 9.79. The average molecular weight is 297 g/mol. The SMILES string of the molecule is Cc1cc(F)cc(NC2(C(=O)O)CSCC(C)(C)C2)c1. The molecule has 1 saturated heterocycles. The van der Waals surface area contributed by atoms with Crippen molar-refractivity contribution < 1.29 is 14.3 Å². The minimum Gasteiger partial charge on any atom is -0.479 e. The Bertz CT molecular complexity index is 512. The maximum Gasteiger partial charge on any atom is 0.330 e. The predicted octanol–water partition coefficient (Wildman–Crippen LogP) is 3.53. The van der Waals surface area contributed by atoms with Gasteiger partial charge in [-0.1, -0.05) is 13.8 Å². The van der Waals surface area contributed by atoms with Crippen LogP contribution in [0.4, 0.5) is 10.1 Å². The van der Waals surface area contributed by atoms with E-state index in [4.69, 9.17) is 0 Å². The summed E-state index contributed by atoms with van der Waals surface area (Å²) in [5.41, 5.74) is 0.211. The maximum absolute atomic E-state index is 13.5. The van der Waals surface area contributed by atoms with Crippen molar-refractivity contribution in [2.45, 2.75) is 32.7 Å². The molecular formula is C15H20FNO2S. The summed E-state index contributed by atoms with van der Waals surface area (Å²) in [6, 6.07) is 4.56. The van der Waals surface area contributed by atoms with Gasteiger partial charge in [0.1, 0.15) is 11.4 Å². The minimum absolute atomic E-state index is 0.0589. The highest BCUT2D eigenvalue weighted by molar-refractivity contribution is 7.99. The quantitative estimate of drug-likeness (QED) is 0.896. The smallest absolute Gasteiger partial charge is 0.330 e. The van der Waals surface area contributed by atoms with Gasteiger partial charge in [0.2, 0.25) is 0 Å². The lowest BCUT2D eigenvalue weighted by Crippen LogP contribution is -2.54. The number of aryl methyl sites for hydroxylation is 1. The molecule has 0 bridgehead atoms. The average Bonchev–Trinajstić information content (AvgIpc) is 2.25. The Hall–Kier alpha value is -1.23. The summed E-state index contributed by atoms with van der Waals surface area (Å²) in [4.78, 5) is 11.8. The molecule has 0 aromatic heterocycles. The first-order valence-electron chi connectivity index (χ1n) is 6.59. The van der Waals surface area contributed by atoms with Crippen LogP contribution >= 0.6 is 11.8 Å². The molecule has 1 atom stereocenters. The van der Waals surface area contributed by atoms with Gasteiger partial charge < -0.3 is 10.4 Å². The molecule has 20 heavy (non-hydrogen) atoms. The van der Waals surface area contributed by atoms with Crippen LogP contribution in [0.15, 0.2) is 18.2 Å². The molecule has 110 valence electrons. The van der Waals surface area contributed by atoms with Gasteiger partial charge in [-0.2, -0.15) is 11.8 Å². The molecule has 1 aromatic carbocycles. The molecule has 0 spiro atoms. The molecule has 0 saturated carbocycles. The first-order valence-corrected chi connectivity index (χ1v) is 7.75. The van der Waals surface area contributed by atoms with Crippen molar-refractivity contribution in [3.05, 3.63) is 29.6 Å². The number of benzene rings is 1. The van der Waals surface area contributed by atoms with Crippen molar-refractivity contribution >= 4 is 23.4 Å². The van der Waals surface area contributed by atoms with Crippen LogP contribution in [0, 0.1) is 18.2 Å². The molecule has 1 heterocycles. The summed E-state index contributed by atoms with van der Waals surface area (Å²) < 4.78 is 13.5. The van der Waals surface area contributed by atoms with Gasteiger partial charge in [-0.3, -0.25) is 0 Å². The molecule has 1 aliphatic rings. The van der Waals surface area contributed by atoms with E-state index >= 15 is 0 Å². The molecule has 1 fully saturated rings. The first-order chi connectivity index (χ1) is 9.22. The number of aliphatic carboxylic acids is 1. The standard InChI is InChI=1S/C15H20FNO2S/c1-10-4-11(16)6-12(5-10)17-15(13(18)19)7-14(2,3)8-20-9-15/h4-6,17H,7-9H2,1-3H3,(H,18,19). The molecule has 2 rings (SSSR count). The molecule has 3 nitrogen and oxygen atoms in total. The molecule has 0 aliphatic carbocycles. The van der Waals surface area contributed by atoms with Crippen molar-refractivity contribution in [3.8, 4) is 0 Å². The van der Waals surface area contributed by atoms with Gasteiger partial charge in [0.25, 0.3) is 0 Å². The van der Waals surface area contributed by atoms with Crippen molar-refractivity contribution in [1.29, 1.82) is 0 Å². The summed E-state index contributed by atoms with van der Waals surface area (Å²) in [5.74, 6) is 0.197. The fourth-order valence-electron chi connectivity index (χ4n) is 2.78. The fraction of sp³-hybridized carbons (Fsp3) is 0.533. The predicted molar refractivity (Wildman–Crippen MR) is 80.8 cm³/mol. The highest BCUT2D eigenvalue weighted by Gasteiger charge is 2.46. The number of carbonyl (C=O) groups is 1. The van der Waals surface area contributed by atoms with Gasteiger partial charge in [0.15, 0.2) is 0 Å². The Morgan fingerprint density at radius 3 is 2.60 bits per heavy atom. The third kappa shape index (κ3) is 3.26. The van der Waals surface area contributed by atoms with E-state index < -0.39 is 11.5 Å². The zero-order valence-electron chi connectivity index (χ0n) is 12.0. The number of hydrogen-bond donors (Lipinski definition) is 2. The number of anilines is 1. The third-order valence-corrected chi connectivity index (χ3v) is 5.14. The van der Waals surface area contributed by atoms with Crippen molar-refractivity contribution in [3.63, 3.8) is 0 Å². The lowest BCUT2D eigenvalue weighted by Gasteiger charge is -2.42. The van der Waals surface area contributed by atoms with Crippen molar-refractivity contribution in [2.24, 2.45) is 5.41 Å². The summed E-state index contributed by atoms with van der Waals surface area (Å²) >= 11 is 1.63. The van der Waals surface area contributed by atoms with Gasteiger partial charge in [-0.05, 0) is 48.3 Å². The largest absolute Gasteiger partial charge is 0.479 e. The van der Waals surface area contributed by atoms with E-state index in [2.05, 4.69) is 19.2 Å². The topological polar surface area (TPSA) is 49.3 Å². The molecule has 5 heteroatoms. The van der Waals surface area contributed by atoms with Crippen LogP contribution in [-0.2, 0) is 4.79 Å². The van der Waals surface area contributed by atoms with Crippen molar-refractivity contribution in [1.82, 2.24) is 0 Å². The molecule has 2 N–H and O–H groups in total. The van der Waals surface area contributed by atoms with E-state index in [0.717, 1.165) is 11.3 Å². The second-order valence-electron chi connectivity index (χ2n) is 6.36. The summed E-state index contributed by atoms with van der Waals surface area (Å²) in [7, 11) is 0. The number of carboxylic acid groups (broad SMARTS) is 1. The van der Waals surface area contributed by atoms with Crippen LogP contribution in [0.25, 0.3) is 0 Å². The Morgan fingerprint density at radius 1 is 1.35 bits per heavy atom. The van der Waals surface area contributed by atoms with E-state index in [0.29, 0.717) is 17.9 Å². The second kappa shape index (κ2) is 5.28. The number of halogens is 1. The van der Waals surface area contributed by atoms with E-state index in [1.54, 1.807) is 24.8 Å². The Kier molecular flexibility index (Phi) is 4.00. The molecule has 0 amide bonds. The Morgan fingerprint density at radius 2 is 2.05 bits per heavy atom. The molecule has 0 radical (unpaired) electrons. The zero-order chi connectivity index (χ0) is 15.0. The minimum atomic E-state index is -1.04. The van der Waals surface area contributed by atoms with E-state index in [9.17, 15) is 14.3 Å². The monoisotopic (exact) mass is 297 g/mol. The summed E-state index contributed by atoms with van der Waals surface area (Å²) in [6.45, 7) is 5.92. The number of thioether (sulfide) groups is 1. The Labute approximate surface area is 123 Å². The zero-order valence-corrected chi connectivity index (χ0v) is 12.8. The maximum atomic E-state index is 13.5. The number of nitrogens with one attached hydrogen (secondary N) is 1. The molecule has 1 aliphatic heterocycles. The Balaban J connectivity index is 2.32. The molecular weight excluding hydrogens is 277 g/mol. The first kappa shape index (κ1) is 15.2. The van der Waals surface area contributed by atoms with Gasteiger partial charge >= 0.3 is 5.97 Å². The van der Waals surface area contributed by atoms with Crippen LogP contribution in [0.2, 0.25) is 0 Å². The van der Waals surface area contributed by atoms with Gasteiger partial charge in [0, 0.05) is 11.4 Å². The van der Waals surface area contributed by atoms with Crippen LogP contribution in [0.3, 0.4) is 0 Å². The van der Waals surface area contributed by atoms with Crippen LogP contribution < -0.4 is 5.32 Å². The van der Waals surface area contributed by atoms with E-state index in [1.807, 2.05) is 0 Å². The van der Waals surface area contributed by atoms with Crippen LogP contribution in [-0.4, -0.2) is 28.1 Å². The van der Waals surface area contributed by atoms with E-state index in [1.165, 1.54) is 12.1 Å². The number of carboxylic acids is 1. The third-order valence-electron chi connectivity index (χ3n) is 3.46. The highest BCUT2D eigenvalue weighted by Crippen LogP contribution is 2.41. The summed E-state index contributed by atoms with van der Waals surface area (Å²) in [6.07, 6.45) is 0.526. The van der Waals surface area contributed by atoms with E-state index in [-0.39, 0.29) is 11.2 Å². The highest BCUT2D eigenvalue weighted by atomic mass is 32.2. The second-order valence-corrected chi connectivity index (χ2v) is 7.35. The number of hydrogen-bond acceptors (Lipinski definition) is 3. The van der Waals surface area contributed by atoms with Gasteiger partial charge in [0.05, 0.1) is 0 Å². The lowest BCUT2D eigenvalue weighted by molar-refractivity contribution is -0.142. The van der Waals surface area contributed by atoms with Gasteiger partial charge in [-0.15, -0.1) is 0 Å². The number of rotatable bonds is 3. The van der Waals surface area contributed by atoms with Crippen molar-refractivity contribution in [2.75, 3.05) is 16.8 Å². The fourth-order valence-corrected chi connectivity index (χ4v) is 4.18.